The number of fused-ring (bicyclic) bond motifs is 3. The van der Waals surface area contributed by atoms with E-state index in [0.29, 0.717) is 12.1 Å². The zero-order chi connectivity index (χ0) is 19.3. The number of hydrogen-bond acceptors (Lipinski definition) is 5. The maximum Gasteiger partial charge on any atom is 0.291 e. The molecule has 0 fully saturated rings. The Bertz CT molecular complexity index is 1360. The molecular formula is C20H18N6OS. The highest BCUT2D eigenvalue weighted by atomic mass is 32.1. The fourth-order valence-electron chi connectivity index (χ4n) is 3.67. The van der Waals surface area contributed by atoms with E-state index in [-0.39, 0.29) is 5.56 Å². The summed E-state index contributed by atoms with van der Waals surface area (Å²) in [4.78, 5) is 17.5. The largest absolute Gasteiger partial charge is 0.339 e. The molecule has 0 aliphatic heterocycles. The summed E-state index contributed by atoms with van der Waals surface area (Å²) in [6, 6.07) is 8.20. The van der Waals surface area contributed by atoms with Crippen LogP contribution in [0.15, 0.2) is 52.3 Å². The summed E-state index contributed by atoms with van der Waals surface area (Å²) in [5.41, 5.74) is 6.45. The van der Waals surface area contributed by atoms with Crippen LogP contribution in [0.25, 0.3) is 21.8 Å². The van der Waals surface area contributed by atoms with Crippen molar-refractivity contribution in [3.05, 3.63) is 74.9 Å². The van der Waals surface area contributed by atoms with Crippen LogP contribution in [0.2, 0.25) is 0 Å². The second-order valence-electron chi connectivity index (χ2n) is 6.92. The highest BCUT2D eigenvalue weighted by molar-refractivity contribution is 7.07. The monoisotopic (exact) mass is 390 g/mol. The molecule has 8 heteroatoms. The average molecular weight is 390 g/mol. The minimum atomic E-state index is -0.108. The topological polar surface area (TPSA) is 70.5 Å². The van der Waals surface area contributed by atoms with Gasteiger partial charge in [-0.1, -0.05) is 6.07 Å². The Morgan fingerprint density at radius 3 is 2.75 bits per heavy atom. The van der Waals surface area contributed by atoms with Crippen LogP contribution in [0.5, 0.6) is 0 Å². The predicted molar refractivity (Wildman–Crippen MR) is 110 cm³/mol. The summed E-state index contributed by atoms with van der Waals surface area (Å²) in [6.45, 7) is 0.353. The van der Waals surface area contributed by atoms with Gasteiger partial charge in [0.15, 0.2) is 0 Å². The first kappa shape index (κ1) is 16.9. The maximum atomic E-state index is 13.1. The lowest BCUT2D eigenvalue weighted by Gasteiger charge is -2.03. The normalized spacial score (nSPS) is 11.6. The molecule has 5 rings (SSSR count). The summed E-state index contributed by atoms with van der Waals surface area (Å²) in [5, 5.41) is 12.7. The first-order valence-corrected chi connectivity index (χ1v) is 9.87. The van der Waals surface area contributed by atoms with Crippen LogP contribution in [0.1, 0.15) is 17.0 Å². The zero-order valence-corrected chi connectivity index (χ0v) is 16.3. The Hall–Kier alpha value is -3.26. The first-order valence-electron chi connectivity index (χ1n) is 8.93. The number of hydrogen-bond donors (Lipinski definition) is 0. The number of aryl methyl sites for hydroxylation is 2. The number of benzene rings is 1. The molecule has 0 unspecified atom stereocenters. The van der Waals surface area contributed by atoms with Crippen molar-refractivity contribution in [2.75, 3.05) is 0 Å². The Morgan fingerprint density at radius 2 is 2.00 bits per heavy atom. The third kappa shape index (κ3) is 2.73. The molecule has 7 nitrogen and oxygen atoms in total. The van der Waals surface area contributed by atoms with Crippen molar-refractivity contribution in [2.45, 2.75) is 13.0 Å². The lowest BCUT2D eigenvalue weighted by Crippen LogP contribution is -2.24. The molecule has 140 valence electrons. The molecule has 0 aliphatic carbocycles. The van der Waals surface area contributed by atoms with E-state index in [0.717, 1.165) is 34.1 Å². The third-order valence-corrected chi connectivity index (χ3v) is 5.65. The molecule has 4 aromatic heterocycles. The smallest absolute Gasteiger partial charge is 0.291 e. The van der Waals surface area contributed by atoms with Crippen LogP contribution in [0, 0.1) is 0 Å². The molecule has 1 aromatic carbocycles. The van der Waals surface area contributed by atoms with Gasteiger partial charge in [-0.25, -0.2) is 9.67 Å². The molecule has 0 amide bonds. The van der Waals surface area contributed by atoms with Gasteiger partial charge in [-0.05, 0) is 23.8 Å². The number of nitrogens with zero attached hydrogens (tertiary/aromatic N) is 6. The van der Waals surface area contributed by atoms with Crippen molar-refractivity contribution in [2.24, 2.45) is 14.1 Å². The van der Waals surface area contributed by atoms with Gasteiger partial charge in [-0.2, -0.15) is 10.2 Å². The minimum Gasteiger partial charge on any atom is -0.339 e. The van der Waals surface area contributed by atoms with Crippen molar-refractivity contribution >= 4 is 33.1 Å². The van der Waals surface area contributed by atoms with Crippen LogP contribution in [0.3, 0.4) is 0 Å². The summed E-state index contributed by atoms with van der Waals surface area (Å²) in [6.07, 6.45) is 4.42. The molecule has 0 atom stereocenters. The van der Waals surface area contributed by atoms with Crippen LogP contribution in [-0.2, 0) is 27.1 Å². The molecule has 0 radical (unpaired) electrons. The lowest BCUT2D eigenvalue weighted by atomic mass is 10.1. The molecule has 0 saturated carbocycles. The van der Waals surface area contributed by atoms with Gasteiger partial charge in [0.05, 0.1) is 29.6 Å². The Balaban J connectivity index is 1.63. The molecule has 0 saturated heterocycles. The van der Waals surface area contributed by atoms with Crippen LogP contribution >= 0.6 is 11.3 Å². The van der Waals surface area contributed by atoms with Gasteiger partial charge in [0, 0.05) is 48.4 Å². The standard InChI is InChI=1S/C20H18N6OS/c1-24-6-5-14(23-24)10-26-20(27)19-17(9-22-26)16-8-13(3-4-18(16)25(19)2)7-15-11-28-12-21-15/h3-6,8-9,11-12H,7,10H2,1-2H3. The molecule has 28 heavy (non-hydrogen) atoms. The molecular weight excluding hydrogens is 372 g/mol. The molecule has 0 spiro atoms. The van der Waals surface area contributed by atoms with Gasteiger partial charge < -0.3 is 4.57 Å². The van der Waals surface area contributed by atoms with Crippen molar-refractivity contribution in [3.63, 3.8) is 0 Å². The number of aromatic nitrogens is 6. The van der Waals surface area contributed by atoms with Crippen LogP contribution in [-0.4, -0.2) is 29.1 Å². The van der Waals surface area contributed by atoms with E-state index >= 15 is 0 Å². The van der Waals surface area contributed by atoms with E-state index in [1.54, 1.807) is 22.2 Å². The SMILES string of the molecule is Cn1ccc(Cn2ncc3c4cc(Cc5cscn5)ccc4n(C)c3c2=O)n1. The summed E-state index contributed by atoms with van der Waals surface area (Å²) in [7, 11) is 3.79. The van der Waals surface area contributed by atoms with Gasteiger partial charge in [0.1, 0.15) is 5.52 Å². The van der Waals surface area contributed by atoms with Gasteiger partial charge >= 0.3 is 0 Å². The van der Waals surface area contributed by atoms with Crippen molar-refractivity contribution in [1.29, 1.82) is 0 Å². The summed E-state index contributed by atoms with van der Waals surface area (Å²) < 4.78 is 5.15. The van der Waals surface area contributed by atoms with Gasteiger partial charge in [0.2, 0.25) is 0 Å². The van der Waals surface area contributed by atoms with Crippen LogP contribution < -0.4 is 5.56 Å². The van der Waals surface area contributed by atoms with E-state index in [1.165, 1.54) is 10.2 Å². The van der Waals surface area contributed by atoms with Gasteiger partial charge in [-0.3, -0.25) is 9.48 Å². The zero-order valence-electron chi connectivity index (χ0n) is 15.5. The summed E-state index contributed by atoms with van der Waals surface area (Å²) >= 11 is 1.60. The molecule has 0 N–H and O–H groups in total. The van der Waals surface area contributed by atoms with E-state index in [9.17, 15) is 4.79 Å². The summed E-state index contributed by atoms with van der Waals surface area (Å²) in [5.74, 6) is 0. The number of thiazole rings is 1. The average Bonchev–Trinajstić information content (AvgIpc) is 3.39. The second-order valence-corrected chi connectivity index (χ2v) is 7.64. The van der Waals surface area contributed by atoms with Crippen molar-refractivity contribution in [1.82, 2.24) is 29.1 Å². The van der Waals surface area contributed by atoms with Crippen molar-refractivity contribution in [3.8, 4) is 0 Å². The van der Waals surface area contributed by atoms with E-state index in [1.807, 2.05) is 36.4 Å². The predicted octanol–water partition coefficient (Wildman–Crippen LogP) is 2.72. The van der Waals surface area contributed by atoms with Gasteiger partial charge in [0.25, 0.3) is 5.56 Å². The fourth-order valence-corrected chi connectivity index (χ4v) is 4.23. The van der Waals surface area contributed by atoms with Crippen molar-refractivity contribution < 1.29 is 0 Å². The van der Waals surface area contributed by atoms with Crippen LogP contribution in [0.4, 0.5) is 0 Å². The second kappa shape index (κ2) is 6.42. The van der Waals surface area contributed by atoms with E-state index in [4.69, 9.17) is 0 Å². The minimum absolute atomic E-state index is 0.108. The fraction of sp³-hybridized carbons (Fsp3) is 0.200. The molecule has 4 heterocycles. The highest BCUT2D eigenvalue weighted by Crippen LogP contribution is 2.27. The van der Waals surface area contributed by atoms with E-state index < -0.39 is 0 Å². The van der Waals surface area contributed by atoms with E-state index in [2.05, 4.69) is 38.8 Å². The lowest BCUT2D eigenvalue weighted by molar-refractivity contribution is 0.619. The Kier molecular flexibility index (Phi) is 3.87. The maximum absolute atomic E-state index is 13.1. The molecule has 0 bridgehead atoms. The number of rotatable bonds is 4. The highest BCUT2D eigenvalue weighted by Gasteiger charge is 2.15. The first-order chi connectivity index (χ1) is 13.6. The molecule has 0 aliphatic rings. The quantitative estimate of drug-likeness (QED) is 0.473. The third-order valence-electron chi connectivity index (χ3n) is 5.02. The van der Waals surface area contributed by atoms with Gasteiger partial charge in [-0.15, -0.1) is 11.3 Å². The Morgan fingerprint density at radius 1 is 1.11 bits per heavy atom. The molecule has 5 aromatic rings. The Labute approximate surface area is 164 Å².